The molecule has 8 aromatic rings. The Morgan fingerprint density at radius 3 is 2.00 bits per heavy atom. The molecule has 6 aromatic carbocycles. The van der Waals surface area contributed by atoms with Crippen LogP contribution in [-0.2, 0) is 6.42 Å². The molecule has 2 nitrogen and oxygen atoms in total. The van der Waals surface area contributed by atoms with Crippen molar-refractivity contribution in [3.63, 3.8) is 0 Å². The molecule has 8 rings (SSSR count). The van der Waals surface area contributed by atoms with Gasteiger partial charge in [-0.25, -0.2) is 0 Å². The van der Waals surface area contributed by atoms with Crippen LogP contribution >= 0.6 is 0 Å². The van der Waals surface area contributed by atoms with Gasteiger partial charge >= 0.3 is 0 Å². The van der Waals surface area contributed by atoms with E-state index in [0.717, 1.165) is 29.6 Å². The molecule has 0 N–H and O–H groups in total. The van der Waals surface area contributed by atoms with E-state index in [0.29, 0.717) is 0 Å². The smallest absolute Gasteiger partial charge is 0.138 e. The second-order valence-corrected chi connectivity index (χ2v) is 11.6. The number of rotatable bonds is 5. The molecule has 208 valence electrons. The van der Waals surface area contributed by atoms with Crippen molar-refractivity contribution in [1.29, 1.82) is 0 Å². The minimum Gasteiger partial charge on any atom is -0.456 e. The summed E-state index contributed by atoms with van der Waals surface area (Å²) in [6, 6.07) is 43.9. The molecule has 2 heterocycles. The third-order valence-corrected chi connectivity index (χ3v) is 9.07. The summed E-state index contributed by atoms with van der Waals surface area (Å²) in [4.78, 5) is 0. The van der Waals surface area contributed by atoms with Crippen LogP contribution in [0.25, 0.3) is 71.7 Å². The molecule has 0 saturated carbocycles. The largest absolute Gasteiger partial charge is 0.456 e. The van der Waals surface area contributed by atoms with Crippen molar-refractivity contribution in [2.24, 2.45) is 0 Å². The SMILES string of the molecule is CCCc1c(-c2cc3oc4c(C)cccc4c3c(-c3ccccc3)c2C)cccc1-n1c2ccccc2c2ccccc21. The zero-order chi connectivity index (χ0) is 29.1. The highest BCUT2D eigenvalue weighted by Crippen LogP contribution is 2.45. The molecule has 0 aliphatic rings. The molecule has 0 saturated heterocycles. The van der Waals surface area contributed by atoms with Crippen LogP contribution < -0.4 is 0 Å². The van der Waals surface area contributed by atoms with Crippen LogP contribution in [0.1, 0.15) is 30.0 Å². The van der Waals surface area contributed by atoms with Crippen molar-refractivity contribution in [3.05, 3.63) is 138 Å². The first-order valence-corrected chi connectivity index (χ1v) is 15.3. The number of nitrogens with zero attached hydrogens (tertiary/aromatic N) is 1. The second-order valence-electron chi connectivity index (χ2n) is 11.6. The van der Waals surface area contributed by atoms with Crippen LogP contribution in [0.4, 0.5) is 0 Å². The fraction of sp³-hybridized carbons (Fsp3) is 0.122. The van der Waals surface area contributed by atoms with Gasteiger partial charge in [-0.2, -0.15) is 0 Å². The van der Waals surface area contributed by atoms with Crippen molar-refractivity contribution >= 4 is 43.7 Å². The Labute approximate surface area is 251 Å². The van der Waals surface area contributed by atoms with E-state index < -0.39 is 0 Å². The molecule has 0 fully saturated rings. The molecule has 0 atom stereocenters. The van der Waals surface area contributed by atoms with Crippen LogP contribution in [0, 0.1) is 13.8 Å². The summed E-state index contributed by atoms with van der Waals surface area (Å²) in [6.45, 7) is 6.70. The van der Waals surface area contributed by atoms with Gasteiger partial charge in [0.05, 0.1) is 11.0 Å². The molecule has 0 aliphatic carbocycles. The highest BCUT2D eigenvalue weighted by atomic mass is 16.3. The minimum atomic E-state index is 0.938. The first-order valence-electron chi connectivity index (χ1n) is 15.3. The van der Waals surface area contributed by atoms with Gasteiger partial charge in [-0.05, 0) is 83.5 Å². The third kappa shape index (κ3) is 3.87. The third-order valence-electron chi connectivity index (χ3n) is 9.07. The zero-order valence-electron chi connectivity index (χ0n) is 24.8. The van der Waals surface area contributed by atoms with Gasteiger partial charge in [0.2, 0.25) is 0 Å². The fourth-order valence-electron chi connectivity index (χ4n) is 7.18. The van der Waals surface area contributed by atoms with Gasteiger partial charge in [0.25, 0.3) is 0 Å². The Hall–Kier alpha value is -5.08. The zero-order valence-corrected chi connectivity index (χ0v) is 24.8. The fourth-order valence-corrected chi connectivity index (χ4v) is 7.18. The maximum Gasteiger partial charge on any atom is 0.138 e. The molecule has 0 spiro atoms. The number of hydrogen-bond donors (Lipinski definition) is 0. The van der Waals surface area contributed by atoms with E-state index >= 15 is 0 Å². The number of aryl methyl sites for hydroxylation is 1. The monoisotopic (exact) mass is 555 g/mol. The van der Waals surface area contributed by atoms with Crippen LogP contribution in [0.2, 0.25) is 0 Å². The number of aromatic nitrogens is 1. The molecule has 2 heteroatoms. The summed E-state index contributed by atoms with van der Waals surface area (Å²) in [7, 11) is 0. The molecular weight excluding hydrogens is 522 g/mol. The molecule has 2 aromatic heterocycles. The maximum absolute atomic E-state index is 6.67. The van der Waals surface area contributed by atoms with E-state index in [4.69, 9.17) is 4.42 Å². The van der Waals surface area contributed by atoms with E-state index in [9.17, 15) is 0 Å². The number of para-hydroxylation sites is 3. The van der Waals surface area contributed by atoms with Crippen molar-refractivity contribution < 1.29 is 4.42 Å². The van der Waals surface area contributed by atoms with Crippen LogP contribution in [0.5, 0.6) is 0 Å². The first kappa shape index (κ1) is 25.6. The molecule has 0 amide bonds. The number of benzene rings is 6. The highest BCUT2D eigenvalue weighted by Gasteiger charge is 2.22. The standard InChI is InChI=1S/C41H33NO/c1-4-14-30-29(20-13-24-37(30)42-35-22-10-8-18-31(35)32-19-9-11-23-36(32)42)34-25-38-40(33-21-12-15-26(2)41(33)43-38)39(27(34)3)28-16-6-5-7-17-28/h5-13,15-25H,4,14H2,1-3H3. The van der Waals surface area contributed by atoms with Crippen LogP contribution in [0.15, 0.2) is 126 Å². The maximum atomic E-state index is 6.67. The molecule has 0 unspecified atom stereocenters. The lowest BCUT2D eigenvalue weighted by atomic mass is 9.86. The van der Waals surface area contributed by atoms with Crippen LogP contribution in [0.3, 0.4) is 0 Å². The van der Waals surface area contributed by atoms with E-state index in [1.54, 1.807) is 0 Å². The predicted molar refractivity (Wildman–Crippen MR) is 182 cm³/mol. The quantitative estimate of drug-likeness (QED) is 0.207. The molecule has 0 aliphatic heterocycles. The summed E-state index contributed by atoms with van der Waals surface area (Å²) in [6.07, 6.45) is 2.03. The summed E-state index contributed by atoms with van der Waals surface area (Å²) in [5, 5.41) is 4.94. The van der Waals surface area contributed by atoms with Gasteiger partial charge in [0, 0.05) is 27.2 Å². The van der Waals surface area contributed by atoms with Gasteiger partial charge in [-0.3, -0.25) is 0 Å². The van der Waals surface area contributed by atoms with Crippen LogP contribution in [-0.4, -0.2) is 4.57 Å². The number of fused-ring (bicyclic) bond motifs is 6. The van der Waals surface area contributed by atoms with Crippen molar-refractivity contribution in [2.45, 2.75) is 33.6 Å². The minimum absolute atomic E-state index is 0.938. The lowest BCUT2D eigenvalue weighted by Crippen LogP contribution is -2.03. The lowest BCUT2D eigenvalue weighted by Gasteiger charge is -2.20. The topological polar surface area (TPSA) is 18.1 Å². The van der Waals surface area contributed by atoms with Crippen molar-refractivity contribution in [2.75, 3.05) is 0 Å². The van der Waals surface area contributed by atoms with E-state index in [2.05, 4.69) is 147 Å². The average molecular weight is 556 g/mol. The molecule has 0 bridgehead atoms. The molecule has 43 heavy (non-hydrogen) atoms. The van der Waals surface area contributed by atoms with E-state index in [1.165, 1.54) is 71.6 Å². The van der Waals surface area contributed by atoms with Gasteiger partial charge < -0.3 is 8.98 Å². The van der Waals surface area contributed by atoms with E-state index in [-0.39, 0.29) is 0 Å². The first-order chi connectivity index (χ1) is 21.2. The second kappa shape index (κ2) is 10.0. The normalized spacial score (nSPS) is 11.8. The Morgan fingerprint density at radius 2 is 1.28 bits per heavy atom. The highest BCUT2D eigenvalue weighted by molar-refractivity contribution is 6.15. The Balaban J connectivity index is 1.48. The number of furan rings is 1. The van der Waals surface area contributed by atoms with Gasteiger partial charge in [0.1, 0.15) is 11.2 Å². The Kier molecular flexibility index (Phi) is 5.97. The summed E-state index contributed by atoms with van der Waals surface area (Å²) in [5.41, 5.74) is 14.4. The van der Waals surface area contributed by atoms with Gasteiger partial charge in [-0.1, -0.05) is 110 Å². The van der Waals surface area contributed by atoms with Crippen molar-refractivity contribution in [1.82, 2.24) is 4.57 Å². The Morgan fingerprint density at radius 1 is 0.628 bits per heavy atom. The summed E-state index contributed by atoms with van der Waals surface area (Å²) < 4.78 is 9.14. The molecular formula is C41H33NO. The lowest BCUT2D eigenvalue weighted by molar-refractivity contribution is 0.666. The average Bonchev–Trinajstić information content (AvgIpc) is 3.58. The predicted octanol–water partition coefficient (Wildman–Crippen LogP) is 11.6. The van der Waals surface area contributed by atoms with E-state index in [1.807, 2.05) is 0 Å². The van der Waals surface area contributed by atoms with Gasteiger partial charge in [0.15, 0.2) is 0 Å². The van der Waals surface area contributed by atoms with Gasteiger partial charge in [-0.15, -0.1) is 0 Å². The molecule has 0 radical (unpaired) electrons. The summed E-state index contributed by atoms with van der Waals surface area (Å²) >= 11 is 0. The number of hydrogen-bond acceptors (Lipinski definition) is 1. The van der Waals surface area contributed by atoms with Crippen molar-refractivity contribution in [3.8, 4) is 27.9 Å². The Bertz CT molecular complexity index is 2260. The summed E-state index contributed by atoms with van der Waals surface area (Å²) in [5.74, 6) is 0.